The van der Waals surface area contributed by atoms with Crippen LogP contribution in [0, 0.1) is 0 Å². The third-order valence-electron chi connectivity index (χ3n) is 2.50. The molecule has 2 atom stereocenters. The molecule has 0 fully saturated rings. The fourth-order valence-corrected chi connectivity index (χ4v) is 3.92. The van der Waals surface area contributed by atoms with Crippen LogP contribution in [-0.4, -0.2) is 0 Å². The van der Waals surface area contributed by atoms with E-state index in [1.165, 1.54) is 11.8 Å². The van der Waals surface area contributed by atoms with E-state index in [0.717, 1.165) is 20.1 Å². The van der Waals surface area contributed by atoms with Crippen molar-refractivity contribution in [1.82, 2.24) is 0 Å². The van der Waals surface area contributed by atoms with E-state index in [0.29, 0.717) is 0 Å². The number of rotatable bonds is 4. The molecule has 5 heteroatoms. The molecular weight excluding hydrogens is 431 g/mol. The minimum absolute atomic E-state index is 0.167. The maximum absolute atomic E-state index is 6.39. The molecule has 0 spiro atoms. The van der Waals surface area contributed by atoms with Gasteiger partial charge in [-0.2, -0.15) is 0 Å². The summed E-state index contributed by atoms with van der Waals surface area (Å²) in [6, 6.07) is 15.9. The van der Waals surface area contributed by atoms with Crippen molar-refractivity contribution in [2.45, 2.75) is 9.42 Å². The highest BCUT2D eigenvalue weighted by Crippen LogP contribution is 2.45. The van der Waals surface area contributed by atoms with Crippen LogP contribution in [-0.2, 0) is 0 Å². The Morgan fingerprint density at radius 2 is 1.00 bits per heavy atom. The molecule has 0 N–H and O–H groups in total. The lowest BCUT2D eigenvalue weighted by molar-refractivity contribution is 1.30. The first-order valence-electron chi connectivity index (χ1n) is 5.51. The van der Waals surface area contributed by atoms with Crippen molar-refractivity contribution in [3.05, 3.63) is 68.6 Å². The van der Waals surface area contributed by atoms with Gasteiger partial charge in [0.15, 0.2) is 0 Å². The molecule has 0 nitrogen and oxygen atoms in total. The molecule has 100 valence electrons. The second-order valence-electron chi connectivity index (χ2n) is 3.87. The molecule has 0 aliphatic rings. The van der Waals surface area contributed by atoms with Crippen LogP contribution in [0.15, 0.2) is 57.5 Å². The normalized spacial score (nSPS) is 14.1. The van der Waals surface area contributed by atoms with E-state index >= 15 is 0 Å². The summed E-state index contributed by atoms with van der Waals surface area (Å²) in [6.07, 6.45) is 0. The van der Waals surface area contributed by atoms with Gasteiger partial charge in [0.2, 0.25) is 0 Å². The summed E-state index contributed by atoms with van der Waals surface area (Å²) in [5.41, 5.74) is 2.11. The Kier molecular flexibility index (Phi) is 6.10. The first-order valence-corrected chi connectivity index (χ1v) is 8.91. The molecule has 2 aromatic rings. The summed E-state index contributed by atoms with van der Waals surface area (Å²) in [5, 5.41) is 0. The van der Waals surface area contributed by atoms with Crippen molar-refractivity contribution in [2.75, 3.05) is 0 Å². The second-order valence-corrected chi connectivity index (χ2v) is 8.31. The van der Waals surface area contributed by atoms with Gasteiger partial charge < -0.3 is 0 Å². The zero-order chi connectivity index (χ0) is 13.8. The van der Waals surface area contributed by atoms with Gasteiger partial charge in [0.1, 0.15) is 9.42 Å². The second kappa shape index (κ2) is 7.37. The molecule has 0 saturated carbocycles. The van der Waals surface area contributed by atoms with Crippen LogP contribution in [0.4, 0.5) is 0 Å². The average Bonchev–Trinajstić information content (AvgIpc) is 2.40. The maximum atomic E-state index is 6.39. The molecule has 0 heterocycles. The Morgan fingerprint density at radius 1 is 0.684 bits per heavy atom. The van der Waals surface area contributed by atoms with Gasteiger partial charge in [0, 0.05) is 8.95 Å². The monoisotopic (exact) mass is 438 g/mol. The van der Waals surface area contributed by atoms with E-state index < -0.39 is 0 Å². The molecular formula is C14H10Br2Cl2S. The van der Waals surface area contributed by atoms with Gasteiger partial charge in [0.25, 0.3) is 0 Å². The van der Waals surface area contributed by atoms with E-state index in [4.69, 9.17) is 23.2 Å². The van der Waals surface area contributed by atoms with E-state index in [9.17, 15) is 0 Å². The van der Waals surface area contributed by atoms with Gasteiger partial charge in [-0.1, -0.05) is 56.1 Å². The van der Waals surface area contributed by atoms with Crippen molar-refractivity contribution < 1.29 is 0 Å². The molecule has 0 aliphatic heterocycles. The highest BCUT2D eigenvalue weighted by molar-refractivity contribution is 9.10. The minimum atomic E-state index is -0.167. The molecule has 19 heavy (non-hydrogen) atoms. The maximum Gasteiger partial charge on any atom is 0.106 e. The highest BCUT2D eigenvalue weighted by atomic mass is 79.9. The van der Waals surface area contributed by atoms with Gasteiger partial charge in [-0.15, -0.1) is 35.0 Å². The van der Waals surface area contributed by atoms with Crippen molar-refractivity contribution in [1.29, 1.82) is 0 Å². The molecule has 0 amide bonds. The zero-order valence-electron chi connectivity index (χ0n) is 9.69. The van der Waals surface area contributed by atoms with Crippen LogP contribution in [0.1, 0.15) is 20.5 Å². The molecule has 2 aromatic carbocycles. The van der Waals surface area contributed by atoms with Gasteiger partial charge in [0.05, 0.1) is 0 Å². The van der Waals surface area contributed by atoms with Crippen LogP contribution < -0.4 is 0 Å². The Labute approximate surface area is 144 Å². The van der Waals surface area contributed by atoms with Gasteiger partial charge in [-0.05, 0) is 35.4 Å². The van der Waals surface area contributed by atoms with Crippen molar-refractivity contribution in [3.63, 3.8) is 0 Å². The van der Waals surface area contributed by atoms with Crippen LogP contribution >= 0.6 is 66.8 Å². The first-order chi connectivity index (χ1) is 9.06. The molecule has 0 saturated heterocycles. The lowest BCUT2D eigenvalue weighted by Gasteiger charge is -2.15. The lowest BCUT2D eigenvalue weighted by Crippen LogP contribution is -1.90. The number of benzene rings is 2. The molecule has 0 bridgehead atoms. The SMILES string of the molecule is ClC(SC(Cl)c1ccc(Br)cc1)c1ccc(Br)cc1. The third kappa shape index (κ3) is 4.68. The summed E-state index contributed by atoms with van der Waals surface area (Å²) in [7, 11) is 0. The number of thioether (sulfide) groups is 1. The summed E-state index contributed by atoms with van der Waals surface area (Å²) in [5.74, 6) is 0. The van der Waals surface area contributed by atoms with Crippen LogP contribution in [0.2, 0.25) is 0 Å². The molecule has 0 aromatic heterocycles. The predicted molar refractivity (Wildman–Crippen MR) is 93.1 cm³/mol. The Morgan fingerprint density at radius 3 is 1.32 bits per heavy atom. The van der Waals surface area contributed by atoms with Crippen LogP contribution in [0.5, 0.6) is 0 Å². The van der Waals surface area contributed by atoms with E-state index in [1.54, 1.807) is 0 Å². The minimum Gasteiger partial charge on any atom is -0.113 e. The average molecular weight is 441 g/mol. The first kappa shape index (κ1) is 15.7. The van der Waals surface area contributed by atoms with E-state index in [2.05, 4.69) is 31.9 Å². The standard InChI is InChI=1S/C14H10Br2Cl2S/c15-11-5-1-9(2-6-11)13(17)19-14(18)10-3-7-12(16)8-4-10/h1-8,13-14H. The summed E-state index contributed by atoms with van der Waals surface area (Å²) in [6.45, 7) is 0. The lowest BCUT2D eigenvalue weighted by atomic mass is 10.2. The molecule has 2 unspecified atom stereocenters. The topological polar surface area (TPSA) is 0 Å². The molecule has 0 radical (unpaired) electrons. The summed E-state index contributed by atoms with van der Waals surface area (Å²) < 4.78 is 1.75. The van der Waals surface area contributed by atoms with Gasteiger partial charge in [-0.25, -0.2) is 0 Å². The third-order valence-corrected chi connectivity index (χ3v) is 5.70. The van der Waals surface area contributed by atoms with Crippen LogP contribution in [0.3, 0.4) is 0 Å². The van der Waals surface area contributed by atoms with E-state index in [-0.39, 0.29) is 9.42 Å². The predicted octanol–water partition coefficient (Wildman–Crippen LogP) is 7.12. The Bertz CT molecular complexity index is 479. The van der Waals surface area contributed by atoms with Gasteiger partial charge in [-0.3, -0.25) is 0 Å². The highest BCUT2D eigenvalue weighted by Gasteiger charge is 2.16. The van der Waals surface area contributed by atoms with Gasteiger partial charge >= 0.3 is 0 Å². The van der Waals surface area contributed by atoms with Crippen molar-refractivity contribution in [2.24, 2.45) is 0 Å². The number of hydrogen-bond acceptors (Lipinski definition) is 1. The fourth-order valence-electron chi connectivity index (χ4n) is 1.49. The summed E-state index contributed by atoms with van der Waals surface area (Å²) >= 11 is 21.1. The van der Waals surface area contributed by atoms with E-state index in [1.807, 2.05) is 48.5 Å². The molecule has 2 rings (SSSR count). The number of halogens is 4. The Balaban J connectivity index is 2.03. The quantitative estimate of drug-likeness (QED) is 0.456. The Hall–Kier alpha value is 0.330. The molecule has 0 aliphatic carbocycles. The zero-order valence-corrected chi connectivity index (χ0v) is 15.2. The van der Waals surface area contributed by atoms with Crippen LogP contribution in [0.25, 0.3) is 0 Å². The largest absolute Gasteiger partial charge is 0.113 e. The van der Waals surface area contributed by atoms with Crippen molar-refractivity contribution >= 4 is 66.8 Å². The smallest absolute Gasteiger partial charge is 0.106 e. The number of alkyl halides is 2. The van der Waals surface area contributed by atoms with Crippen molar-refractivity contribution in [3.8, 4) is 0 Å². The number of hydrogen-bond donors (Lipinski definition) is 0. The summed E-state index contributed by atoms with van der Waals surface area (Å²) in [4.78, 5) is 0. The fraction of sp³-hybridized carbons (Fsp3) is 0.143.